The van der Waals surface area contributed by atoms with Gasteiger partial charge in [-0.2, -0.15) is 0 Å². The summed E-state index contributed by atoms with van der Waals surface area (Å²) in [6, 6.07) is 13.8. The number of thioether (sulfide) groups is 1. The Labute approximate surface area is 124 Å². The van der Waals surface area contributed by atoms with E-state index in [1.807, 2.05) is 31.2 Å². The molecular formula is C16H19NO2S. The molecule has 0 saturated carbocycles. The van der Waals surface area contributed by atoms with Gasteiger partial charge in [-0.3, -0.25) is 0 Å². The van der Waals surface area contributed by atoms with Crippen LogP contribution in [-0.4, -0.2) is 18.0 Å². The Bertz CT molecular complexity index is 572. The lowest BCUT2D eigenvalue weighted by molar-refractivity contribution is 0.317. The Kier molecular flexibility index (Phi) is 5.18. The van der Waals surface area contributed by atoms with Crippen LogP contribution >= 0.6 is 11.8 Å². The predicted molar refractivity (Wildman–Crippen MR) is 84.8 cm³/mol. The van der Waals surface area contributed by atoms with Crippen LogP contribution in [0.4, 0.5) is 5.69 Å². The molecule has 2 aromatic carbocycles. The zero-order chi connectivity index (χ0) is 14.4. The highest BCUT2D eigenvalue weighted by Crippen LogP contribution is 2.30. The molecule has 0 atom stereocenters. The van der Waals surface area contributed by atoms with Crippen LogP contribution in [0.25, 0.3) is 0 Å². The zero-order valence-electron chi connectivity index (χ0n) is 11.7. The molecule has 106 valence electrons. The lowest BCUT2D eigenvalue weighted by Gasteiger charge is -2.12. The first-order valence-electron chi connectivity index (χ1n) is 6.56. The second-order valence-electron chi connectivity index (χ2n) is 4.28. The lowest BCUT2D eigenvalue weighted by Crippen LogP contribution is -2.01. The molecule has 0 aliphatic carbocycles. The molecule has 0 saturated heterocycles. The molecule has 0 bridgehead atoms. The number of aromatic hydroxyl groups is 1. The Hall–Kier alpha value is -1.81. The van der Waals surface area contributed by atoms with Crippen molar-refractivity contribution in [3.8, 4) is 11.5 Å². The van der Waals surface area contributed by atoms with E-state index in [9.17, 15) is 5.11 Å². The number of phenolic OH excluding ortho intramolecular Hbond substituents is 1. The summed E-state index contributed by atoms with van der Waals surface area (Å²) < 4.78 is 5.38. The van der Waals surface area contributed by atoms with Crippen molar-refractivity contribution in [2.24, 2.45) is 0 Å². The summed E-state index contributed by atoms with van der Waals surface area (Å²) in [5, 5.41) is 13.4. The van der Waals surface area contributed by atoms with E-state index in [-0.39, 0.29) is 5.75 Å². The lowest BCUT2D eigenvalue weighted by atomic mass is 10.2. The van der Waals surface area contributed by atoms with Crippen molar-refractivity contribution in [3.05, 3.63) is 48.0 Å². The van der Waals surface area contributed by atoms with Gasteiger partial charge in [-0.15, -0.1) is 11.8 Å². The molecule has 2 aromatic rings. The van der Waals surface area contributed by atoms with Gasteiger partial charge in [-0.05, 0) is 37.4 Å². The molecule has 2 rings (SSSR count). The Morgan fingerprint density at radius 2 is 2.00 bits per heavy atom. The highest BCUT2D eigenvalue weighted by atomic mass is 32.2. The van der Waals surface area contributed by atoms with E-state index in [2.05, 4.69) is 23.7 Å². The average molecular weight is 289 g/mol. The fraction of sp³-hybridized carbons (Fsp3) is 0.250. The summed E-state index contributed by atoms with van der Waals surface area (Å²) in [6.45, 7) is 3.00. The van der Waals surface area contributed by atoms with Crippen molar-refractivity contribution in [1.82, 2.24) is 0 Å². The summed E-state index contributed by atoms with van der Waals surface area (Å²) in [4.78, 5) is 1.21. The van der Waals surface area contributed by atoms with E-state index in [4.69, 9.17) is 4.74 Å². The molecule has 0 aromatic heterocycles. The number of benzene rings is 2. The maximum atomic E-state index is 10.1. The van der Waals surface area contributed by atoms with Crippen LogP contribution in [0, 0.1) is 0 Å². The fourth-order valence-corrected chi connectivity index (χ4v) is 2.37. The van der Waals surface area contributed by atoms with Crippen molar-refractivity contribution in [3.63, 3.8) is 0 Å². The first-order chi connectivity index (χ1) is 9.74. The number of phenols is 1. The van der Waals surface area contributed by atoms with Crippen LogP contribution in [0.5, 0.6) is 11.5 Å². The Morgan fingerprint density at radius 3 is 2.75 bits per heavy atom. The van der Waals surface area contributed by atoms with Crippen molar-refractivity contribution in [2.75, 3.05) is 18.2 Å². The van der Waals surface area contributed by atoms with Gasteiger partial charge < -0.3 is 15.2 Å². The molecule has 3 nitrogen and oxygen atoms in total. The predicted octanol–water partition coefficient (Wildman–Crippen LogP) is 4.12. The van der Waals surface area contributed by atoms with E-state index in [1.54, 1.807) is 17.8 Å². The van der Waals surface area contributed by atoms with Gasteiger partial charge in [-0.25, -0.2) is 0 Å². The van der Waals surface area contributed by atoms with E-state index in [0.717, 1.165) is 11.3 Å². The van der Waals surface area contributed by atoms with E-state index in [1.165, 1.54) is 4.90 Å². The van der Waals surface area contributed by atoms with Gasteiger partial charge in [-0.1, -0.05) is 18.2 Å². The standard InChI is InChI=1S/C16H19NO2S/c1-3-19-15-9-4-6-12(16(15)18)11-17-13-7-5-8-14(10-13)20-2/h4-10,17-18H,3,11H2,1-2H3. The van der Waals surface area contributed by atoms with Gasteiger partial charge in [0.2, 0.25) is 0 Å². The van der Waals surface area contributed by atoms with Crippen molar-refractivity contribution < 1.29 is 9.84 Å². The molecule has 2 N–H and O–H groups in total. The molecule has 0 fully saturated rings. The molecule has 0 heterocycles. The number of hydrogen-bond donors (Lipinski definition) is 2. The first-order valence-corrected chi connectivity index (χ1v) is 7.78. The minimum Gasteiger partial charge on any atom is -0.504 e. The fourth-order valence-electron chi connectivity index (χ4n) is 1.91. The highest BCUT2D eigenvalue weighted by Gasteiger charge is 2.07. The SMILES string of the molecule is CCOc1cccc(CNc2cccc(SC)c2)c1O. The summed E-state index contributed by atoms with van der Waals surface area (Å²) in [5.74, 6) is 0.743. The van der Waals surface area contributed by atoms with Gasteiger partial charge in [0.25, 0.3) is 0 Å². The molecular weight excluding hydrogens is 270 g/mol. The number of ether oxygens (including phenoxy) is 1. The molecule has 0 aliphatic heterocycles. The van der Waals surface area contributed by atoms with E-state index < -0.39 is 0 Å². The number of anilines is 1. The van der Waals surface area contributed by atoms with Crippen LogP contribution in [0.15, 0.2) is 47.4 Å². The quantitative estimate of drug-likeness (QED) is 0.785. The third-order valence-electron chi connectivity index (χ3n) is 2.94. The van der Waals surface area contributed by atoms with Crippen LogP contribution in [0.1, 0.15) is 12.5 Å². The van der Waals surface area contributed by atoms with Crippen LogP contribution < -0.4 is 10.1 Å². The third kappa shape index (κ3) is 3.61. The third-order valence-corrected chi connectivity index (χ3v) is 3.66. The van der Waals surface area contributed by atoms with Gasteiger partial charge >= 0.3 is 0 Å². The molecule has 0 amide bonds. The maximum Gasteiger partial charge on any atom is 0.162 e. The van der Waals surface area contributed by atoms with Gasteiger partial charge in [0.15, 0.2) is 11.5 Å². The largest absolute Gasteiger partial charge is 0.504 e. The number of nitrogens with one attached hydrogen (secondary N) is 1. The molecule has 0 unspecified atom stereocenters. The van der Waals surface area contributed by atoms with Crippen LogP contribution in [0.2, 0.25) is 0 Å². The molecule has 4 heteroatoms. The normalized spacial score (nSPS) is 10.3. The van der Waals surface area contributed by atoms with Crippen molar-refractivity contribution >= 4 is 17.4 Å². The van der Waals surface area contributed by atoms with Crippen LogP contribution in [0.3, 0.4) is 0 Å². The number of para-hydroxylation sites is 1. The van der Waals surface area contributed by atoms with Gasteiger partial charge in [0.05, 0.1) is 6.61 Å². The smallest absolute Gasteiger partial charge is 0.162 e. The van der Waals surface area contributed by atoms with Crippen LogP contribution in [-0.2, 0) is 6.54 Å². The average Bonchev–Trinajstić information content (AvgIpc) is 2.48. The molecule has 0 radical (unpaired) electrons. The summed E-state index contributed by atoms with van der Waals surface area (Å²) in [6.07, 6.45) is 2.05. The molecule has 0 aliphatic rings. The second kappa shape index (κ2) is 7.10. The highest BCUT2D eigenvalue weighted by molar-refractivity contribution is 7.98. The zero-order valence-corrected chi connectivity index (χ0v) is 12.5. The van der Waals surface area contributed by atoms with Gasteiger partial charge in [0, 0.05) is 22.7 Å². The van der Waals surface area contributed by atoms with Crippen molar-refractivity contribution in [2.45, 2.75) is 18.4 Å². The maximum absolute atomic E-state index is 10.1. The van der Waals surface area contributed by atoms with E-state index >= 15 is 0 Å². The monoisotopic (exact) mass is 289 g/mol. The minimum atomic E-state index is 0.211. The summed E-state index contributed by atoms with van der Waals surface area (Å²) >= 11 is 1.71. The summed E-state index contributed by atoms with van der Waals surface area (Å²) in [7, 11) is 0. The number of rotatable bonds is 6. The minimum absolute atomic E-state index is 0.211. The molecule has 20 heavy (non-hydrogen) atoms. The topological polar surface area (TPSA) is 41.5 Å². The Morgan fingerprint density at radius 1 is 1.20 bits per heavy atom. The summed E-state index contributed by atoms with van der Waals surface area (Å²) in [5.41, 5.74) is 1.86. The Balaban J connectivity index is 2.08. The van der Waals surface area contributed by atoms with E-state index in [0.29, 0.717) is 18.9 Å². The first kappa shape index (κ1) is 14.6. The second-order valence-corrected chi connectivity index (χ2v) is 5.16. The number of hydrogen-bond acceptors (Lipinski definition) is 4. The van der Waals surface area contributed by atoms with Gasteiger partial charge in [0.1, 0.15) is 0 Å². The molecule has 0 spiro atoms. The van der Waals surface area contributed by atoms with Crippen molar-refractivity contribution in [1.29, 1.82) is 0 Å².